The Labute approximate surface area is 158 Å². The highest BCUT2D eigenvalue weighted by molar-refractivity contribution is 6.13. The number of fused-ring (bicyclic) bond motifs is 2. The number of rotatable bonds is 6. The molecule has 27 heavy (non-hydrogen) atoms. The number of esters is 2. The van der Waals surface area contributed by atoms with Gasteiger partial charge in [0.25, 0.3) is 0 Å². The molecule has 0 N–H and O–H groups in total. The van der Waals surface area contributed by atoms with Crippen LogP contribution in [-0.2, 0) is 24.5 Å². The second-order valence-electron chi connectivity index (χ2n) is 6.65. The minimum atomic E-state index is -0.635. The maximum absolute atomic E-state index is 13.0. The van der Waals surface area contributed by atoms with E-state index in [9.17, 15) is 14.4 Å². The van der Waals surface area contributed by atoms with E-state index in [1.165, 1.54) is 14.2 Å². The zero-order valence-electron chi connectivity index (χ0n) is 15.5. The highest BCUT2D eigenvalue weighted by atomic mass is 16.5. The molecule has 0 saturated heterocycles. The quantitative estimate of drug-likeness (QED) is 0.733. The van der Waals surface area contributed by atoms with E-state index in [0.717, 1.165) is 11.1 Å². The predicted octanol–water partition coefficient (Wildman–Crippen LogP) is 3.42. The predicted molar refractivity (Wildman–Crippen MR) is 99.6 cm³/mol. The molecule has 5 nitrogen and oxygen atoms in total. The molecule has 0 fully saturated rings. The van der Waals surface area contributed by atoms with Crippen molar-refractivity contribution >= 4 is 17.7 Å². The van der Waals surface area contributed by atoms with Crippen LogP contribution in [0.1, 0.15) is 52.7 Å². The standard InChI is InChI=1S/C22H22O5/c1-26-19(23)11-13-22(14-12-20(24)27-2)17-9-5-3-7-15(17)21(25)16-8-4-6-10-18(16)22/h3-10H,11-14H2,1-2H3. The molecular formula is C22H22O5. The number of carbonyl (C=O) groups is 3. The lowest BCUT2D eigenvalue weighted by atomic mass is 9.62. The third kappa shape index (κ3) is 3.37. The van der Waals surface area contributed by atoms with Crippen molar-refractivity contribution in [2.75, 3.05) is 14.2 Å². The first kappa shape index (κ1) is 18.8. The molecule has 1 aliphatic rings. The van der Waals surface area contributed by atoms with Crippen molar-refractivity contribution in [3.05, 3.63) is 70.8 Å². The number of benzene rings is 2. The lowest BCUT2D eigenvalue weighted by Crippen LogP contribution is -2.37. The maximum atomic E-state index is 13.0. The molecule has 0 aliphatic heterocycles. The highest BCUT2D eigenvalue weighted by Crippen LogP contribution is 2.47. The van der Waals surface area contributed by atoms with E-state index in [1.807, 2.05) is 36.4 Å². The van der Waals surface area contributed by atoms with Crippen LogP contribution < -0.4 is 0 Å². The first-order valence-electron chi connectivity index (χ1n) is 8.91. The summed E-state index contributed by atoms with van der Waals surface area (Å²) in [5.74, 6) is -0.674. The zero-order valence-corrected chi connectivity index (χ0v) is 15.5. The summed E-state index contributed by atoms with van der Waals surface area (Å²) in [5, 5.41) is 0. The van der Waals surface area contributed by atoms with Crippen LogP contribution in [0, 0.1) is 0 Å². The van der Waals surface area contributed by atoms with Gasteiger partial charge in [-0.3, -0.25) is 14.4 Å². The lowest BCUT2D eigenvalue weighted by Gasteiger charge is -2.40. The average molecular weight is 366 g/mol. The monoisotopic (exact) mass is 366 g/mol. The van der Waals surface area contributed by atoms with Crippen LogP contribution in [0.4, 0.5) is 0 Å². The molecule has 1 aliphatic carbocycles. The smallest absolute Gasteiger partial charge is 0.305 e. The lowest BCUT2D eigenvalue weighted by molar-refractivity contribution is -0.141. The Kier molecular flexibility index (Phi) is 5.40. The normalized spacial score (nSPS) is 14.1. The highest BCUT2D eigenvalue weighted by Gasteiger charge is 2.43. The van der Waals surface area contributed by atoms with E-state index >= 15 is 0 Å². The first-order chi connectivity index (χ1) is 13.0. The molecule has 0 spiro atoms. The number of ether oxygens (including phenoxy) is 2. The van der Waals surface area contributed by atoms with Crippen LogP contribution in [0.15, 0.2) is 48.5 Å². The molecule has 2 aromatic rings. The molecule has 0 atom stereocenters. The van der Waals surface area contributed by atoms with Crippen molar-refractivity contribution in [1.29, 1.82) is 0 Å². The van der Waals surface area contributed by atoms with Crippen LogP contribution in [0.5, 0.6) is 0 Å². The minimum Gasteiger partial charge on any atom is -0.469 e. The van der Waals surface area contributed by atoms with Gasteiger partial charge >= 0.3 is 11.9 Å². The summed E-state index contributed by atoms with van der Waals surface area (Å²) in [4.78, 5) is 36.8. The first-order valence-corrected chi connectivity index (χ1v) is 8.91. The van der Waals surface area contributed by atoms with Crippen molar-refractivity contribution in [2.45, 2.75) is 31.1 Å². The molecule has 0 heterocycles. The summed E-state index contributed by atoms with van der Waals surface area (Å²) in [6.07, 6.45) is 1.26. The Bertz CT molecular complexity index is 812. The minimum absolute atomic E-state index is 0.0343. The van der Waals surface area contributed by atoms with Gasteiger partial charge in [0.1, 0.15) is 0 Å². The van der Waals surface area contributed by atoms with E-state index in [0.29, 0.717) is 24.0 Å². The Balaban J connectivity index is 2.17. The van der Waals surface area contributed by atoms with Gasteiger partial charge < -0.3 is 9.47 Å². The summed E-state index contributed by atoms with van der Waals surface area (Å²) in [5.41, 5.74) is 2.30. The number of ketones is 1. The number of carbonyl (C=O) groups excluding carboxylic acids is 3. The van der Waals surface area contributed by atoms with Crippen molar-refractivity contribution in [1.82, 2.24) is 0 Å². The van der Waals surface area contributed by atoms with Gasteiger partial charge in [-0.05, 0) is 24.0 Å². The fourth-order valence-corrected chi connectivity index (χ4v) is 3.99. The second-order valence-corrected chi connectivity index (χ2v) is 6.65. The largest absolute Gasteiger partial charge is 0.469 e. The molecule has 140 valence electrons. The molecule has 5 heteroatoms. The van der Waals surface area contributed by atoms with E-state index in [-0.39, 0.29) is 30.6 Å². The van der Waals surface area contributed by atoms with Gasteiger partial charge in [0.15, 0.2) is 5.78 Å². The molecule has 3 rings (SSSR count). The third-order valence-corrected chi connectivity index (χ3v) is 5.34. The van der Waals surface area contributed by atoms with Gasteiger partial charge in [-0.25, -0.2) is 0 Å². The zero-order chi connectivity index (χ0) is 19.4. The molecule has 2 aromatic carbocycles. The van der Waals surface area contributed by atoms with Gasteiger partial charge in [0, 0.05) is 29.4 Å². The molecule has 0 unspecified atom stereocenters. The summed E-state index contributed by atoms with van der Waals surface area (Å²) in [6.45, 7) is 0. The Hall–Kier alpha value is -2.95. The van der Waals surface area contributed by atoms with Gasteiger partial charge in [-0.15, -0.1) is 0 Å². The van der Waals surface area contributed by atoms with Crippen LogP contribution in [-0.4, -0.2) is 31.9 Å². The second kappa shape index (κ2) is 7.74. The molecule has 0 radical (unpaired) electrons. The third-order valence-electron chi connectivity index (χ3n) is 5.34. The number of methoxy groups -OCH3 is 2. The van der Waals surface area contributed by atoms with Crippen molar-refractivity contribution in [2.24, 2.45) is 0 Å². The van der Waals surface area contributed by atoms with Crippen LogP contribution in [0.3, 0.4) is 0 Å². The Morgan fingerprint density at radius 3 is 1.59 bits per heavy atom. The summed E-state index contributed by atoms with van der Waals surface area (Å²) < 4.78 is 9.67. The number of hydrogen-bond acceptors (Lipinski definition) is 5. The summed E-state index contributed by atoms with van der Waals surface area (Å²) in [7, 11) is 2.71. The van der Waals surface area contributed by atoms with Crippen molar-refractivity contribution < 1.29 is 23.9 Å². The summed E-state index contributed by atoms with van der Waals surface area (Å²) in [6, 6.07) is 14.9. The van der Waals surface area contributed by atoms with Gasteiger partial charge in [0.2, 0.25) is 0 Å². The van der Waals surface area contributed by atoms with E-state index in [2.05, 4.69) is 0 Å². The van der Waals surface area contributed by atoms with E-state index in [4.69, 9.17) is 9.47 Å². The number of hydrogen-bond donors (Lipinski definition) is 0. The fraction of sp³-hybridized carbons (Fsp3) is 0.318. The molecule has 0 aromatic heterocycles. The topological polar surface area (TPSA) is 69.7 Å². The van der Waals surface area contributed by atoms with Crippen LogP contribution in [0.25, 0.3) is 0 Å². The summed E-state index contributed by atoms with van der Waals surface area (Å²) >= 11 is 0. The van der Waals surface area contributed by atoms with Crippen molar-refractivity contribution in [3.8, 4) is 0 Å². The maximum Gasteiger partial charge on any atom is 0.305 e. The SMILES string of the molecule is COC(=O)CCC1(CCC(=O)OC)c2ccccc2C(=O)c2ccccc21. The van der Waals surface area contributed by atoms with Crippen molar-refractivity contribution in [3.63, 3.8) is 0 Å². The van der Waals surface area contributed by atoms with Crippen LogP contribution in [0.2, 0.25) is 0 Å². The molecule has 0 saturated carbocycles. The van der Waals surface area contributed by atoms with Gasteiger partial charge in [0.05, 0.1) is 14.2 Å². The van der Waals surface area contributed by atoms with Crippen LogP contribution >= 0.6 is 0 Å². The Morgan fingerprint density at radius 1 is 0.778 bits per heavy atom. The molecule has 0 amide bonds. The Morgan fingerprint density at radius 2 is 1.19 bits per heavy atom. The van der Waals surface area contributed by atoms with E-state index < -0.39 is 5.41 Å². The van der Waals surface area contributed by atoms with Gasteiger partial charge in [-0.2, -0.15) is 0 Å². The van der Waals surface area contributed by atoms with Gasteiger partial charge in [-0.1, -0.05) is 48.5 Å². The fourth-order valence-electron chi connectivity index (χ4n) is 3.99. The molecular weight excluding hydrogens is 344 g/mol. The molecule has 0 bridgehead atoms. The van der Waals surface area contributed by atoms with E-state index in [1.54, 1.807) is 12.1 Å². The average Bonchev–Trinajstić information content (AvgIpc) is 2.72.